The van der Waals surface area contributed by atoms with Crippen molar-refractivity contribution in [3.63, 3.8) is 0 Å². The van der Waals surface area contributed by atoms with E-state index in [4.69, 9.17) is 0 Å². The first-order valence-corrected chi connectivity index (χ1v) is 9.78. The van der Waals surface area contributed by atoms with E-state index in [-0.39, 0.29) is 16.8 Å². The van der Waals surface area contributed by atoms with Gasteiger partial charge in [0.2, 0.25) is 0 Å². The summed E-state index contributed by atoms with van der Waals surface area (Å²) in [7, 11) is -4.41. The summed E-state index contributed by atoms with van der Waals surface area (Å²) in [5.74, 6) is 0. The minimum Gasteiger partial charge on any atom is -0.301 e. The van der Waals surface area contributed by atoms with Crippen molar-refractivity contribution in [2.75, 3.05) is 0 Å². The fourth-order valence-electron chi connectivity index (χ4n) is 3.50. The number of benzene rings is 1. The quantitative estimate of drug-likeness (QED) is 0.363. The summed E-state index contributed by atoms with van der Waals surface area (Å²) in [6.07, 6.45) is 2.05. The number of hydrogen-bond acceptors (Lipinski definition) is 7. The minimum atomic E-state index is -4.41. The molecular formula is C14H18N2O4S3. The van der Waals surface area contributed by atoms with Gasteiger partial charge >= 0.3 is 0 Å². The Balaban J connectivity index is 2.08. The molecule has 9 heteroatoms. The predicted molar refractivity (Wildman–Crippen MR) is 93.1 cm³/mol. The SMILES string of the molecule is O=CC1c2ccccc2C(S(=O)(=O)O)N1C1CCC(S)NC1S. The van der Waals surface area contributed by atoms with Crippen LogP contribution >= 0.6 is 25.3 Å². The Labute approximate surface area is 146 Å². The van der Waals surface area contributed by atoms with Crippen molar-refractivity contribution < 1.29 is 17.8 Å². The molecule has 1 fully saturated rings. The van der Waals surface area contributed by atoms with Crippen LogP contribution in [0.3, 0.4) is 0 Å². The van der Waals surface area contributed by atoms with Gasteiger partial charge in [-0.15, -0.1) is 0 Å². The number of nitrogens with one attached hydrogen (secondary N) is 1. The number of carbonyl (C=O) groups excluding carboxylic acids is 1. The molecule has 3 rings (SSSR count). The van der Waals surface area contributed by atoms with Crippen LogP contribution < -0.4 is 5.32 Å². The Morgan fingerprint density at radius 1 is 1.22 bits per heavy atom. The molecule has 2 N–H and O–H groups in total. The second kappa shape index (κ2) is 6.38. The number of nitrogens with zero attached hydrogens (tertiary/aromatic N) is 1. The number of hydrogen-bond donors (Lipinski definition) is 4. The lowest BCUT2D eigenvalue weighted by molar-refractivity contribution is -0.113. The van der Waals surface area contributed by atoms with Gasteiger partial charge < -0.3 is 4.79 Å². The van der Waals surface area contributed by atoms with Gasteiger partial charge in [-0.2, -0.15) is 33.7 Å². The summed E-state index contributed by atoms with van der Waals surface area (Å²) in [5.41, 5.74) is 1.05. The van der Waals surface area contributed by atoms with Crippen LogP contribution in [0.2, 0.25) is 0 Å². The molecule has 1 aromatic rings. The molecule has 23 heavy (non-hydrogen) atoms. The highest BCUT2D eigenvalue weighted by Crippen LogP contribution is 2.47. The monoisotopic (exact) mass is 374 g/mol. The molecular weight excluding hydrogens is 356 g/mol. The molecule has 2 aliphatic heterocycles. The van der Waals surface area contributed by atoms with Crippen LogP contribution in [0, 0.1) is 0 Å². The van der Waals surface area contributed by atoms with Crippen molar-refractivity contribution in [3.05, 3.63) is 35.4 Å². The molecule has 0 saturated carbocycles. The van der Waals surface area contributed by atoms with E-state index in [9.17, 15) is 17.8 Å². The van der Waals surface area contributed by atoms with Crippen molar-refractivity contribution in [1.82, 2.24) is 10.2 Å². The van der Waals surface area contributed by atoms with Crippen LogP contribution in [-0.4, -0.2) is 40.9 Å². The lowest BCUT2D eigenvalue weighted by atomic mass is 10.0. The predicted octanol–water partition coefficient (Wildman–Crippen LogP) is 1.39. The topological polar surface area (TPSA) is 86.7 Å². The molecule has 2 aliphatic rings. The maximum atomic E-state index is 12.0. The highest BCUT2D eigenvalue weighted by atomic mass is 32.2. The molecule has 5 unspecified atom stereocenters. The summed E-state index contributed by atoms with van der Waals surface area (Å²) < 4.78 is 33.8. The van der Waals surface area contributed by atoms with E-state index in [2.05, 4.69) is 30.6 Å². The van der Waals surface area contributed by atoms with Crippen LogP contribution in [0.4, 0.5) is 0 Å². The van der Waals surface area contributed by atoms with Gasteiger partial charge in [-0.05, 0) is 24.0 Å². The molecule has 0 amide bonds. The number of fused-ring (bicyclic) bond motifs is 1. The zero-order valence-electron chi connectivity index (χ0n) is 12.1. The molecule has 0 aliphatic carbocycles. The van der Waals surface area contributed by atoms with E-state index in [0.717, 1.165) is 6.29 Å². The Kier molecular flexibility index (Phi) is 4.78. The van der Waals surface area contributed by atoms with E-state index in [0.29, 0.717) is 24.0 Å². The summed E-state index contributed by atoms with van der Waals surface area (Å²) in [4.78, 5) is 13.2. The van der Waals surface area contributed by atoms with Gasteiger partial charge in [0.25, 0.3) is 10.1 Å². The molecule has 1 saturated heterocycles. The van der Waals surface area contributed by atoms with Gasteiger partial charge in [0.1, 0.15) is 6.29 Å². The molecule has 0 bridgehead atoms. The van der Waals surface area contributed by atoms with Crippen LogP contribution in [0.1, 0.15) is 35.4 Å². The zero-order valence-corrected chi connectivity index (χ0v) is 14.7. The van der Waals surface area contributed by atoms with Crippen molar-refractivity contribution in [3.8, 4) is 0 Å². The second-order valence-corrected chi connectivity index (χ2v) is 8.45. The molecule has 0 spiro atoms. The number of aldehydes is 1. The first kappa shape index (κ1) is 17.2. The Bertz CT molecular complexity index is 712. The Hall–Kier alpha value is -0.580. The Morgan fingerprint density at radius 3 is 2.43 bits per heavy atom. The van der Waals surface area contributed by atoms with Crippen molar-refractivity contribution >= 4 is 41.7 Å². The van der Waals surface area contributed by atoms with E-state index in [1.54, 1.807) is 29.2 Å². The van der Waals surface area contributed by atoms with Crippen LogP contribution in [0.25, 0.3) is 0 Å². The molecule has 126 valence electrons. The Morgan fingerprint density at radius 2 is 1.87 bits per heavy atom. The van der Waals surface area contributed by atoms with Crippen LogP contribution in [0.15, 0.2) is 24.3 Å². The number of carbonyl (C=O) groups is 1. The third kappa shape index (κ3) is 3.06. The first-order valence-electron chi connectivity index (χ1n) is 7.24. The number of thiol groups is 2. The first-order chi connectivity index (χ1) is 10.8. The molecule has 1 aromatic carbocycles. The van der Waals surface area contributed by atoms with E-state index >= 15 is 0 Å². The highest BCUT2D eigenvalue weighted by Gasteiger charge is 2.49. The largest absolute Gasteiger partial charge is 0.301 e. The lowest BCUT2D eigenvalue weighted by Crippen LogP contribution is -2.54. The maximum Gasteiger partial charge on any atom is 0.285 e. The van der Waals surface area contributed by atoms with Crippen LogP contribution in [0.5, 0.6) is 0 Å². The molecule has 2 heterocycles. The van der Waals surface area contributed by atoms with Crippen molar-refractivity contribution in [2.45, 2.75) is 41.0 Å². The average molecular weight is 375 g/mol. The third-order valence-corrected chi connectivity index (χ3v) is 6.39. The summed E-state index contributed by atoms with van der Waals surface area (Å²) in [6.45, 7) is 0. The molecule has 5 atom stereocenters. The van der Waals surface area contributed by atoms with Crippen LogP contribution in [-0.2, 0) is 14.9 Å². The smallest absolute Gasteiger partial charge is 0.285 e. The highest BCUT2D eigenvalue weighted by molar-refractivity contribution is 7.86. The van der Waals surface area contributed by atoms with Gasteiger partial charge in [-0.1, -0.05) is 24.3 Å². The molecule has 6 nitrogen and oxygen atoms in total. The van der Waals surface area contributed by atoms with Crippen molar-refractivity contribution in [1.29, 1.82) is 0 Å². The van der Waals surface area contributed by atoms with E-state index in [1.807, 2.05) is 0 Å². The fourth-order valence-corrected chi connectivity index (χ4v) is 5.54. The lowest BCUT2D eigenvalue weighted by Gasteiger charge is -2.42. The minimum absolute atomic E-state index is 0.0300. The normalized spacial score (nSPS) is 35.0. The third-order valence-electron chi connectivity index (χ3n) is 4.43. The fraction of sp³-hybridized carbons (Fsp3) is 0.500. The van der Waals surface area contributed by atoms with Gasteiger partial charge in [0, 0.05) is 6.04 Å². The van der Waals surface area contributed by atoms with E-state index in [1.165, 1.54) is 0 Å². The summed E-state index contributed by atoms with van der Waals surface area (Å²) >= 11 is 8.85. The zero-order chi connectivity index (χ0) is 16.8. The standard InChI is InChI=1S/C14H18N2O4S3/c17-7-11-8-3-1-2-4-9(8)14(23(18,19)20)16(11)10-5-6-12(21)15-13(10)22/h1-4,7,10-15,21-22H,5-6H2,(H,18,19,20). The van der Waals surface area contributed by atoms with Gasteiger partial charge in [-0.3, -0.25) is 14.8 Å². The summed E-state index contributed by atoms with van der Waals surface area (Å²) in [5, 5.41) is 1.50. The maximum absolute atomic E-state index is 12.0. The molecule has 0 radical (unpaired) electrons. The van der Waals surface area contributed by atoms with Gasteiger partial charge in [0.05, 0.1) is 16.8 Å². The summed E-state index contributed by atoms with van der Waals surface area (Å²) in [6, 6.07) is 5.75. The van der Waals surface area contributed by atoms with Crippen molar-refractivity contribution in [2.24, 2.45) is 0 Å². The second-order valence-electron chi connectivity index (χ2n) is 5.80. The average Bonchev–Trinajstić information content (AvgIpc) is 2.81. The van der Waals surface area contributed by atoms with Gasteiger partial charge in [0.15, 0.2) is 5.37 Å². The number of rotatable bonds is 3. The number of piperidine rings is 1. The van der Waals surface area contributed by atoms with Gasteiger partial charge in [-0.25, -0.2) is 0 Å². The molecule has 0 aromatic heterocycles. The van der Waals surface area contributed by atoms with E-state index < -0.39 is 21.5 Å².